The number of rotatable bonds is 2. The number of nitrogens with zero attached hydrogens (tertiary/aromatic N) is 2. The van der Waals surface area contributed by atoms with E-state index in [4.69, 9.17) is 4.52 Å². The highest BCUT2D eigenvalue weighted by Crippen LogP contribution is 2.35. The quantitative estimate of drug-likeness (QED) is 0.894. The Hall–Kier alpha value is -1.68. The van der Waals surface area contributed by atoms with E-state index in [0.29, 0.717) is 11.8 Å². The van der Waals surface area contributed by atoms with Crippen molar-refractivity contribution in [2.45, 2.75) is 31.1 Å². The monoisotopic (exact) mass is 255 g/mol. The second kappa shape index (κ2) is 4.46. The third kappa shape index (κ3) is 1.87. The minimum absolute atomic E-state index is 0.315. The molecule has 0 amide bonds. The minimum atomic E-state index is 0.315. The normalized spacial score (nSPS) is 22.8. The predicted octanol–water partition coefficient (Wildman–Crippen LogP) is 2.22. The molecule has 1 aliphatic heterocycles. The third-order valence-corrected chi connectivity index (χ3v) is 4.27. The molecular weight excluding hydrogens is 238 g/mol. The standard InChI is InChI=1S/C15H17N3O/c1-2-6-12-10(4-1)5-3-7-13(12)14-17-15(19-18-14)11-8-16-9-11/h1-2,4,6,11,13,16H,3,5,7-9H2. The lowest BCUT2D eigenvalue weighted by atomic mass is 9.82. The van der Waals surface area contributed by atoms with Crippen LogP contribution in [0.3, 0.4) is 0 Å². The average Bonchev–Trinajstić information content (AvgIpc) is 2.85. The predicted molar refractivity (Wildman–Crippen MR) is 71.1 cm³/mol. The molecule has 0 bridgehead atoms. The Morgan fingerprint density at radius 2 is 2.11 bits per heavy atom. The molecule has 19 heavy (non-hydrogen) atoms. The maximum absolute atomic E-state index is 5.44. The molecule has 1 aromatic carbocycles. The minimum Gasteiger partial charge on any atom is -0.339 e. The van der Waals surface area contributed by atoms with Gasteiger partial charge in [0.25, 0.3) is 0 Å². The topological polar surface area (TPSA) is 51.0 Å². The van der Waals surface area contributed by atoms with Crippen LogP contribution in [0.4, 0.5) is 0 Å². The zero-order valence-corrected chi connectivity index (χ0v) is 10.8. The van der Waals surface area contributed by atoms with Gasteiger partial charge in [-0.15, -0.1) is 0 Å². The van der Waals surface area contributed by atoms with Crippen molar-refractivity contribution in [3.05, 3.63) is 47.1 Å². The maximum Gasteiger partial charge on any atom is 0.232 e. The second-order valence-corrected chi connectivity index (χ2v) is 5.49. The summed E-state index contributed by atoms with van der Waals surface area (Å²) in [5.41, 5.74) is 2.82. The van der Waals surface area contributed by atoms with E-state index in [-0.39, 0.29) is 0 Å². The first kappa shape index (κ1) is 11.2. The van der Waals surface area contributed by atoms with Gasteiger partial charge in [0, 0.05) is 19.0 Å². The molecule has 1 fully saturated rings. The van der Waals surface area contributed by atoms with Gasteiger partial charge in [0.15, 0.2) is 5.82 Å². The molecule has 0 radical (unpaired) electrons. The summed E-state index contributed by atoms with van der Waals surface area (Å²) in [7, 11) is 0. The zero-order valence-electron chi connectivity index (χ0n) is 10.8. The van der Waals surface area contributed by atoms with Gasteiger partial charge in [-0.3, -0.25) is 0 Å². The highest BCUT2D eigenvalue weighted by molar-refractivity contribution is 5.36. The van der Waals surface area contributed by atoms with Crippen LogP contribution in [-0.2, 0) is 6.42 Å². The molecule has 4 nitrogen and oxygen atoms in total. The van der Waals surface area contributed by atoms with Gasteiger partial charge in [-0.25, -0.2) is 0 Å². The second-order valence-electron chi connectivity index (χ2n) is 5.49. The molecule has 2 aliphatic rings. The summed E-state index contributed by atoms with van der Waals surface area (Å²) in [6.45, 7) is 1.92. The lowest BCUT2D eigenvalue weighted by molar-refractivity contribution is 0.305. The first-order valence-corrected chi connectivity index (χ1v) is 7.04. The fourth-order valence-electron chi connectivity index (χ4n) is 3.04. The van der Waals surface area contributed by atoms with Gasteiger partial charge in [0.05, 0.1) is 5.92 Å². The highest BCUT2D eigenvalue weighted by Gasteiger charge is 2.29. The Balaban J connectivity index is 1.67. The number of aryl methyl sites for hydroxylation is 1. The molecule has 0 saturated carbocycles. The molecule has 1 saturated heterocycles. The van der Waals surface area contributed by atoms with Gasteiger partial charge in [0.1, 0.15) is 0 Å². The molecule has 1 atom stereocenters. The number of fused-ring (bicyclic) bond motifs is 1. The zero-order chi connectivity index (χ0) is 12.7. The Bertz CT molecular complexity index is 589. The van der Waals surface area contributed by atoms with E-state index in [1.807, 2.05) is 0 Å². The van der Waals surface area contributed by atoms with Gasteiger partial charge in [-0.1, -0.05) is 29.4 Å². The Morgan fingerprint density at radius 3 is 2.95 bits per heavy atom. The Labute approximate surface area is 112 Å². The van der Waals surface area contributed by atoms with Crippen LogP contribution in [0.5, 0.6) is 0 Å². The first-order chi connectivity index (χ1) is 9.42. The Morgan fingerprint density at radius 1 is 1.21 bits per heavy atom. The summed E-state index contributed by atoms with van der Waals surface area (Å²) in [4.78, 5) is 4.64. The van der Waals surface area contributed by atoms with E-state index in [0.717, 1.165) is 31.2 Å². The number of aromatic nitrogens is 2. The Kier molecular flexibility index (Phi) is 2.62. The molecule has 4 heteroatoms. The molecule has 1 unspecified atom stereocenters. The highest BCUT2D eigenvalue weighted by atomic mass is 16.5. The number of nitrogens with one attached hydrogen (secondary N) is 1. The number of hydrogen-bond acceptors (Lipinski definition) is 4. The van der Waals surface area contributed by atoms with Gasteiger partial charge in [-0.2, -0.15) is 4.98 Å². The van der Waals surface area contributed by atoms with E-state index in [2.05, 4.69) is 39.7 Å². The van der Waals surface area contributed by atoms with E-state index < -0.39 is 0 Å². The molecular formula is C15H17N3O. The lowest BCUT2D eigenvalue weighted by Crippen LogP contribution is -2.40. The van der Waals surface area contributed by atoms with Crippen LogP contribution in [0.25, 0.3) is 0 Å². The smallest absolute Gasteiger partial charge is 0.232 e. The van der Waals surface area contributed by atoms with Crippen LogP contribution < -0.4 is 5.32 Å². The average molecular weight is 255 g/mol. The lowest BCUT2D eigenvalue weighted by Gasteiger charge is -2.23. The van der Waals surface area contributed by atoms with Crippen LogP contribution in [0.1, 0.15) is 47.5 Å². The van der Waals surface area contributed by atoms with Gasteiger partial charge >= 0.3 is 0 Å². The summed E-state index contributed by atoms with van der Waals surface area (Å²) in [5.74, 6) is 2.40. The fourth-order valence-corrected chi connectivity index (χ4v) is 3.04. The van der Waals surface area contributed by atoms with Crippen LogP contribution in [0.15, 0.2) is 28.8 Å². The third-order valence-electron chi connectivity index (χ3n) is 4.27. The molecule has 2 heterocycles. The molecule has 98 valence electrons. The summed E-state index contributed by atoms with van der Waals surface area (Å²) in [6.07, 6.45) is 3.50. The van der Waals surface area contributed by atoms with E-state index in [1.165, 1.54) is 24.0 Å². The molecule has 1 N–H and O–H groups in total. The molecule has 0 spiro atoms. The van der Waals surface area contributed by atoms with Crippen molar-refractivity contribution >= 4 is 0 Å². The van der Waals surface area contributed by atoms with Crippen molar-refractivity contribution in [3.8, 4) is 0 Å². The van der Waals surface area contributed by atoms with Crippen LogP contribution in [0.2, 0.25) is 0 Å². The van der Waals surface area contributed by atoms with Crippen molar-refractivity contribution in [1.82, 2.24) is 15.5 Å². The summed E-state index contributed by atoms with van der Waals surface area (Å²) in [5, 5.41) is 7.46. The largest absolute Gasteiger partial charge is 0.339 e. The van der Waals surface area contributed by atoms with Crippen LogP contribution >= 0.6 is 0 Å². The van der Waals surface area contributed by atoms with Crippen molar-refractivity contribution in [2.75, 3.05) is 13.1 Å². The summed E-state index contributed by atoms with van der Waals surface area (Å²) in [6, 6.07) is 8.65. The fraction of sp³-hybridized carbons (Fsp3) is 0.467. The van der Waals surface area contributed by atoms with E-state index in [1.54, 1.807) is 0 Å². The number of benzene rings is 1. The van der Waals surface area contributed by atoms with Crippen molar-refractivity contribution < 1.29 is 4.52 Å². The van der Waals surface area contributed by atoms with Gasteiger partial charge in [-0.05, 0) is 30.4 Å². The maximum atomic E-state index is 5.44. The van der Waals surface area contributed by atoms with Gasteiger partial charge < -0.3 is 9.84 Å². The molecule has 2 aromatic rings. The summed E-state index contributed by atoms with van der Waals surface area (Å²) < 4.78 is 5.44. The number of hydrogen-bond donors (Lipinski definition) is 1. The molecule has 4 rings (SSSR count). The van der Waals surface area contributed by atoms with Crippen molar-refractivity contribution in [3.63, 3.8) is 0 Å². The molecule has 1 aromatic heterocycles. The summed E-state index contributed by atoms with van der Waals surface area (Å²) >= 11 is 0. The van der Waals surface area contributed by atoms with Crippen molar-refractivity contribution in [1.29, 1.82) is 0 Å². The van der Waals surface area contributed by atoms with E-state index >= 15 is 0 Å². The van der Waals surface area contributed by atoms with Crippen LogP contribution in [0, 0.1) is 0 Å². The molecule has 1 aliphatic carbocycles. The van der Waals surface area contributed by atoms with Crippen molar-refractivity contribution in [2.24, 2.45) is 0 Å². The first-order valence-electron chi connectivity index (χ1n) is 7.04. The van der Waals surface area contributed by atoms with Crippen LogP contribution in [-0.4, -0.2) is 23.2 Å². The SMILES string of the molecule is c1ccc2c(c1)CCCC2c1noc(C2CNC2)n1. The van der Waals surface area contributed by atoms with E-state index in [9.17, 15) is 0 Å². The van der Waals surface area contributed by atoms with Gasteiger partial charge in [0.2, 0.25) is 5.89 Å².